The van der Waals surface area contributed by atoms with Crippen LogP contribution in [-0.2, 0) is 7.05 Å². The number of nitrogens with two attached hydrogens (primary N) is 1. The molecule has 0 aliphatic carbocycles. The molecule has 2 aromatic carbocycles. The van der Waals surface area contributed by atoms with Crippen molar-refractivity contribution < 1.29 is 19.3 Å². The molecule has 0 radical (unpaired) electrons. The van der Waals surface area contributed by atoms with Gasteiger partial charge in [0.1, 0.15) is 28.9 Å². The van der Waals surface area contributed by atoms with Crippen LogP contribution in [0.25, 0.3) is 10.9 Å². The number of nitriles is 1. The molecular formula is C18H17N3O4. The van der Waals surface area contributed by atoms with Gasteiger partial charge in [-0.3, -0.25) is 0 Å². The molecule has 3 rings (SSSR count). The number of ether oxygens (including phenoxy) is 3. The summed E-state index contributed by atoms with van der Waals surface area (Å²) in [5.41, 5.74) is 7.20. The number of anilines is 1. The minimum atomic E-state index is -0.101. The smallest absolute Gasteiger partial charge is 0.201 e. The SMILES string of the molecule is COc1cc(Oc2ccc3c(c2)c(C#N)c(N)n3C)cc(OC)c1O. The fourth-order valence-electron chi connectivity index (χ4n) is 2.69. The van der Waals surface area contributed by atoms with Crippen LogP contribution < -0.4 is 19.9 Å². The molecule has 0 atom stereocenters. The fourth-order valence-corrected chi connectivity index (χ4v) is 2.69. The summed E-state index contributed by atoms with van der Waals surface area (Å²) in [4.78, 5) is 0. The highest BCUT2D eigenvalue weighted by molar-refractivity contribution is 5.93. The van der Waals surface area contributed by atoms with Crippen LogP contribution in [0.3, 0.4) is 0 Å². The second-order valence-electron chi connectivity index (χ2n) is 5.39. The monoisotopic (exact) mass is 339 g/mol. The number of nitrogen functional groups attached to an aromatic ring is 1. The van der Waals surface area contributed by atoms with Crippen molar-refractivity contribution in [3.05, 3.63) is 35.9 Å². The lowest BCUT2D eigenvalue weighted by Crippen LogP contribution is -1.96. The van der Waals surface area contributed by atoms with Crippen LogP contribution in [0.15, 0.2) is 30.3 Å². The Balaban J connectivity index is 2.06. The van der Waals surface area contributed by atoms with Crippen LogP contribution in [0.2, 0.25) is 0 Å². The van der Waals surface area contributed by atoms with Crippen LogP contribution in [0.1, 0.15) is 5.56 Å². The minimum Gasteiger partial charge on any atom is -0.502 e. The third-order valence-corrected chi connectivity index (χ3v) is 4.02. The molecule has 0 saturated heterocycles. The van der Waals surface area contributed by atoms with E-state index >= 15 is 0 Å². The number of phenols is 1. The standard InChI is InChI=1S/C18H17N3O4/c1-21-14-5-4-10(6-12(14)13(9-19)18(21)20)25-11-7-15(23-2)17(22)16(8-11)24-3/h4-8,22H,20H2,1-3H3. The first kappa shape index (κ1) is 16.3. The topological polar surface area (TPSA) is 103 Å². The van der Waals surface area contributed by atoms with E-state index in [1.165, 1.54) is 14.2 Å². The lowest BCUT2D eigenvalue weighted by atomic mass is 10.1. The quantitative estimate of drug-likeness (QED) is 0.757. The van der Waals surface area contributed by atoms with E-state index in [2.05, 4.69) is 6.07 Å². The summed E-state index contributed by atoms with van der Waals surface area (Å²) in [7, 11) is 4.68. The number of benzene rings is 2. The average molecular weight is 339 g/mol. The molecular weight excluding hydrogens is 322 g/mol. The molecule has 3 aromatic rings. The first-order valence-electron chi connectivity index (χ1n) is 7.41. The molecule has 25 heavy (non-hydrogen) atoms. The van der Waals surface area contributed by atoms with Gasteiger partial charge in [-0.1, -0.05) is 0 Å². The third-order valence-electron chi connectivity index (χ3n) is 4.02. The zero-order valence-electron chi connectivity index (χ0n) is 14.0. The van der Waals surface area contributed by atoms with Gasteiger partial charge in [-0.15, -0.1) is 0 Å². The number of fused-ring (bicyclic) bond motifs is 1. The van der Waals surface area contributed by atoms with Crippen molar-refractivity contribution in [2.45, 2.75) is 0 Å². The van der Waals surface area contributed by atoms with Crippen molar-refractivity contribution in [2.24, 2.45) is 7.05 Å². The lowest BCUT2D eigenvalue weighted by molar-refractivity contribution is 0.335. The highest BCUT2D eigenvalue weighted by atomic mass is 16.5. The van der Waals surface area contributed by atoms with E-state index in [9.17, 15) is 10.4 Å². The van der Waals surface area contributed by atoms with Crippen LogP contribution >= 0.6 is 0 Å². The summed E-state index contributed by atoms with van der Waals surface area (Å²) in [6, 6.07) is 10.6. The number of rotatable bonds is 4. The molecule has 1 heterocycles. The molecule has 0 bridgehead atoms. The molecule has 1 aromatic heterocycles. The second-order valence-corrected chi connectivity index (χ2v) is 5.39. The maximum absolute atomic E-state index is 9.96. The van der Waals surface area contributed by atoms with Crippen LogP contribution in [0.4, 0.5) is 5.82 Å². The largest absolute Gasteiger partial charge is 0.502 e. The van der Waals surface area contributed by atoms with E-state index in [1.807, 2.05) is 6.07 Å². The van der Waals surface area contributed by atoms with Gasteiger partial charge in [0.25, 0.3) is 0 Å². The molecule has 7 nitrogen and oxygen atoms in total. The summed E-state index contributed by atoms with van der Waals surface area (Å²) in [6.07, 6.45) is 0. The normalized spacial score (nSPS) is 10.5. The average Bonchev–Trinajstić information content (AvgIpc) is 2.86. The minimum absolute atomic E-state index is 0.101. The van der Waals surface area contributed by atoms with Gasteiger partial charge in [-0.25, -0.2) is 0 Å². The molecule has 0 fully saturated rings. The first-order chi connectivity index (χ1) is 12.0. The second kappa shape index (κ2) is 6.17. The van der Waals surface area contributed by atoms with Crippen molar-refractivity contribution in [3.8, 4) is 34.8 Å². The van der Waals surface area contributed by atoms with Gasteiger partial charge in [0.2, 0.25) is 5.75 Å². The molecule has 0 saturated carbocycles. The predicted molar refractivity (Wildman–Crippen MR) is 93.3 cm³/mol. The van der Waals surface area contributed by atoms with E-state index in [1.54, 1.807) is 35.9 Å². The van der Waals surface area contributed by atoms with Gasteiger partial charge in [-0.05, 0) is 18.2 Å². The fraction of sp³-hybridized carbons (Fsp3) is 0.167. The Labute approximate surface area is 144 Å². The molecule has 3 N–H and O–H groups in total. The Kier molecular flexibility index (Phi) is 4.03. The summed E-state index contributed by atoms with van der Waals surface area (Å²) >= 11 is 0. The van der Waals surface area contributed by atoms with Gasteiger partial charge < -0.3 is 29.6 Å². The van der Waals surface area contributed by atoms with E-state index in [0.29, 0.717) is 28.3 Å². The molecule has 0 amide bonds. The number of aromatic hydroxyl groups is 1. The van der Waals surface area contributed by atoms with Crippen LogP contribution in [0, 0.1) is 11.3 Å². The number of aromatic nitrogens is 1. The van der Waals surface area contributed by atoms with Gasteiger partial charge >= 0.3 is 0 Å². The van der Waals surface area contributed by atoms with Crippen LogP contribution in [-0.4, -0.2) is 23.9 Å². The predicted octanol–water partition coefficient (Wildman–Crippen LogP) is 3.15. The maximum atomic E-state index is 9.96. The number of hydrogen-bond donors (Lipinski definition) is 2. The number of aryl methyl sites for hydroxylation is 1. The van der Waals surface area contributed by atoms with E-state index in [0.717, 1.165) is 5.52 Å². The molecule has 128 valence electrons. The van der Waals surface area contributed by atoms with Gasteiger partial charge in [-0.2, -0.15) is 5.26 Å². The molecule has 7 heteroatoms. The molecule has 0 unspecified atom stereocenters. The van der Waals surface area contributed by atoms with Crippen molar-refractivity contribution >= 4 is 16.7 Å². The van der Waals surface area contributed by atoms with Crippen molar-refractivity contribution in [1.29, 1.82) is 5.26 Å². The Morgan fingerprint density at radius 2 is 1.72 bits per heavy atom. The first-order valence-corrected chi connectivity index (χ1v) is 7.41. The van der Waals surface area contributed by atoms with Gasteiger partial charge in [0, 0.05) is 24.6 Å². The summed E-state index contributed by atoms with van der Waals surface area (Å²) in [5, 5.41) is 20.0. The van der Waals surface area contributed by atoms with E-state index in [4.69, 9.17) is 19.9 Å². The molecule has 0 aliphatic heterocycles. The third kappa shape index (κ3) is 2.64. The summed E-state index contributed by atoms with van der Waals surface area (Å²) in [6.45, 7) is 0. The summed E-state index contributed by atoms with van der Waals surface area (Å²) in [5.74, 6) is 1.71. The Hall–Kier alpha value is -3.53. The van der Waals surface area contributed by atoms with E-state index in [-0.39, 0.29) is 17.2 Å². The molecule has 0 spiro atoms. The van der Waals surface area contributed by atoms with Crippen molar-refractivity contribution in [1.82, 2.24) is 4.57 Å². The highest BCUT2D eigenvalue weighted by Crippen LogP contribution is 2.41. The number of phenolic OH excluding ortho intramolecular Hbond substituents is 1. The van der Waals surface area contributed by atoms with Gasteiger partial charge in [0.15, 0.2) is 11.5 Å². The number of methoxy groups -OCH3 is 2. The van der Waals surface area contributed by atoms with Crippen molar-refractivity contribution in [2.75, 3.05) is 20.0 Å². The zero-order chi connectivity index (χ0) is 18.1. The number of nitrogens with zero attached hydrogens (tertiary/aromatic N) is 2. The van der Waals surface area contributed by atoms with Crippen molar-refractivity contribution in [3.63, 3.8) is 0 Å². The lowest BCUT2D eigenvalue weighted by Gasteiger charge is -2.12. The molecule has 0 aliphatic rings. The maximum Gasteiger partial charge on any atom is 0.201 e. The van der Waals surface area contributed by atoms with E-state index < -0.39 is 0 Å². The highest BCUT2D eigenvalue weighted by Gasteiger charge is 2.15. The zero-order valence-corrected chi connectivity index (χ0v) is 14.0. The van der Waals surface area contributed by atoms with Crippen LogP contribution in [0.5, 0.6) is 28.7 Å². The number of hydrogen-bond acceptors (Lipinski definition) is 6. The Morgan fingerprint density at radius 1 is 1.08 bits per heavy atom. The Bertz CT molecular complexity index is 977. The van der Waals surface area contributed by atoms with Gasteiger partial charge in [0.05, 0.1) is 19.7 Å². The summed E-state index contributed by atoms with van der Waals surface area (Å²) < 4.78 is 17.8. The Morgan fingerprint density at radius 3 is 2.28 bits per heavy atom.